The van der Waals surface area contributed by atoms with Crippen LogP contribution in [0.3, 0.4) is 0 Å². The average molecular weight is 369 g/mol. The number of carbonyl (C=O) groups is 1. The Labute approximate surface area is 146 Å². The summed E-state index contributed by atoms with van der Waals surface area (Å²) in [6.45, 7) is 0. The molecule has 1 aliphatic rings. The summed E-state index contributed by atoms with van der Waals surface area (Å²) in [7, 11) is 0. The van der Waals surface area contributed by atoms with Crippen LogP contribution in [0.5, 0.6) is 0 Å². The minimum absolute atomic E-state index is 0.0317. The molecule has 2 aromatic rings. The minimum atomic E-state index is -5.08. The van der Waals surface area contributed by atoms with Crippen molar-refractivity contribution in [3.8, 4) is 0 Å². The molecule has 1 amide bonds. The summed E-state index contributed by atoms with van der Waals surface area (Å²) in [5.41, 5.74) is -3.16. The Morgan fingerprint density at radius 3 is 2.44 bits per heavy atom. The second-order valence-electron chi connectivity index (χ2n) is 5.53. The first-order chi connectivity index (χ1) is 11.7. The van der Waals surface area contributed by atoms with E-state index in [9.17, 15) is 23.1 Å². The third-order valence-corrected chi connectivity index (χ3v) is 4.05. The van der Waals surface area contributed by atoms with Crippen molar-refractivity contribution in [2.75, 3.05) is 0 Å². The highest BCUT2D eigenvalue weighted by Gasteiger charge is 2.63. The van der Waals surface area contributed by atoms with Crippen LogP contribution in [-0.2, 0) is 0 Å². The fourth-order valence-electron chi connectivity index (χ4n) is 2.51. The number of halogens is 4. The van der Waals surface area contributed by atoms with Crippen LogP contribution in [0.15, 0.2) is 59.7 Å². The maximum absolute atomic E-state index is 13.5. The van der Waals surface area contributed by atoms with Crippen LogP contribution in [-0.4, -0.2) is 33.6 Å². The average Bonchev–Trinajstić information content (AvgIpc) is 2.94. The third kappa shape index (κ3) is 3.12. The highest BCUT2D eigenvalue weighted by atomic mass is 35.5. The maximum atomic E-state index is 13.5. The van der Waals surface area contributed by atoms with E-state index in [0.717, 1.165) is 0 Å². The Hall–Kier alpha value is -2.38. The summed E-state index contributed by atoms with van der Waals surface area (Å²) < 4.78 is 40.5. The molecular formula is C17H12ClF3N2O2. The Balaban J connectivity index is 2.06. The van der Waals surface area contributed by atoms with Crippen molar-refractivity contribution in [1.82, 2.24) is 5.01 Å². The summed E-state index contributed by atoms with van der Waals surface area (Å²) in [5, 5.41) is 14.3. The van der Waals surface area contributed by atoms with Gasteiger partial charge >= 0.3 is 6.18 Å². The fourth-order valence-corrected chi connectivity index (χ4v) is 2.71. The van der Waals surface area contributed by atoms with Crippen molar-refractivity contribution in [3.05, 3.63) is 70.7 Å². The number of amides is 1. The van der Waals surface area contributed by atoms with E-state index in [-0.39, 0.29) is 21.3 Å². The van der Waals surface area contributed by atoms with Gasteiger partial charge in [0.1, 0.15) is 0 Å². The van der Waals surface area contributed by atoms with E-state index in [2.05, 4.69) is 5.10 Å². The molecule has 4 nitrogen and oxygen atoms in total. The molecule has 0 aliphatic carbocycles. The molecule has 1 unspecified atom stereocenters. The highest BCUT2D eigenvalue weighted by molar-refractivity contribution is 6.31. The molecule has 1 atom stereocenters. The fraction of sp³-hybridized carbons (Fsp3) is 0.176. The van der Waals surface area contributed by atoms with E-state index >= 15 is 0 Å². The minimum Gasteiger partial charge on any atom is -0.362 e. The van der Waals surface area contributed by atoms with E-state index in [1.165, 1.54) is 24.3 Å². The van der Waals surface area contributed by atoms with E-state index in [1.54, 1.807) is 30.3 Å². The summed E-state index contributed by atoms with van der Waals surface area (Å²) in [4.78, 5) is 12.5. The smallest absolute Gasteiger partial charge is 0.362 e. The normalized spacial score (nSPS) is 20.5. The monoisotopic (exact) mass is 368 g/mol. The predicted molar refractivity (Wildman–Crippen MR) is 86.2 cm³/mol. The first kappa shape index (κ1) is 17.4. The largest absolute Gasteiger partial charge is 0.438 e. The van der Waals surface area contributed by atoms with Gasteiger partial charge in [-0.15, -0.1) is 0 Å². The highest BCUT2D eigenvalue weighted by Crippen LogP contribution is 2.42. The van der Waals surface area contributed by atoms with Crippen LogP contribution >= 0.6 is 11.6 Å². The zero-order chi connectivity index (χ0) is 18.2. The molecule has 1 aliphatic heterocycles. The topological polar surface area (TPSA) is 52.9 Å². The molecule has 25 heavy (non-hydrogen) atoms. The number of hydrogen-bond donors (Lipinski definition) is 1. The molecule has 130 valence electrons. The van der Waals surface area contributed by atoms with Crippen molar-refractivity contribution in [1.29, 1.82) is 0 Å². The Morgan fingerprint density at radius 1 is 1.16 bits per heavy atom. The van der Waals surface area contributed by atoms with Crippen LogP contribution in [0.4, 0.5) is 13.2 Å². The Morgan fingerprint density at radius 2 is 1.84 bits per heavy atom. The number of alkyl halides is 3. The van der Waals surface area contributed by atoms with Gasteiger partial charge in [-0.1, -0.05) is 48.0 Å². The van der Waals surface area contributed by atoms with Crippen molar-refractivity contribution >= 4 is 23.2 Å². The first-order valence-corrected chi connectivity index (χ1v) is 7.62. The lowest BCUT2D eigenvalue weighted by atomic mass is 10.0. The van der Waals surface area contributed by atoms with Crippen LogP contribution in [0.25, 0.3) is 0 Å². The van der Waals surface area contributed by atoms with Gasteiger partial charge in [-0.25, -0.2) is 0 Å². The molecule has 0 fully saturated rings. The SMILES string of the molecule is O=C(c1cccc(Cl)c1)N1N=C(c2ccccc2)CC1(O)C(F)(F)F. The summed E-state index contributed by atoms with van der Waals surface area (Å²) >= 11 is 5.79. The quantitative estimate of drug-likeness (QED) is 0.875. The van der Waals surface area contributed by atoms with Gasteiger partial charge in [0.25, 0.3) is 11.6 Å². The number of hydrogen-bond acceptors (Lipinski definition) is 3. The van der Waals surface area contributed by atoms with Gasteiger partial charge in [0, 0.05) is 10.6 Å². The Bertz CT molecular complexity index is 839. The van der Waals surface area contributed by atoms with E-state index in [0.29, 0.717) is 5.56 Å². The molecule has 2 aromatic carbocycles. The lowest BCUT2D eigenvalue weighted by Crippen LogP contribution is -2.56. The molecule has 0 radical (unpaired) electrons. The molecule has 3 rings (SSSR count). The number of nitrogens with zero attached hydrogens (tertiary/aromatic N) is 2. The standard InChI is InChI=1S/C17H12ClF3N2O2/c18-13-8-4-7-12(9-13)15(24)23-16(25,17(19,20)21)10-14(22-23)11-5-2-1-3-6-11/h1-9,25H,10H2. The number of aliphatic hydroxyl groups is 1. The first-order valence-electron chi connectivity index (χ1n) is 7.24. The molecule has 0 bridgehead atoms. The van der Waals surface area contributed by atoms with E-state index in [1.807, 2.05) is 0 Å². The van der Waals surface area contributed by atoms with E-state index in [4.69, 9.17) is 11.6 Å². The van der Waals surface area contributed by atoms with Crippen LogP contribution in [0.2, 0.25) is 5.02 Å². The van der Waals surface area contributed by atoms with Gasteiger partial charge in [-0.05, 0) is 23.8 Å². The van der Waals surface area contributed by atoms with Crippen molar-refractivity contribution in [3.63, 3.8) is 0 Å². The zero-order valence-corrected chi connectivity index (χ0v) is 13.4. The third-order valence-electron chi connectivity index (χ3n) is 3.81. The number of benzene rings is 2. The number of rotatable bonds is 2. The second-order valence-corrected chi connectivity index (χ2v) is 5.97. The van der Waals surface area contributed by atoms with Crippen LogP contribution in [0, 0.1) is 0 Å². The van der Waals surface area contributed by atoms with Gasteiger partial charge in [0.15, 0.2) is 0 Å². The molecule has 8 heteroatoms. The van der Waals surface area contributed by atoms with Gasteiger partial charge < -0.3 is 5.11 Å². The molecule has 0 saturated heterocycles. The number of carbonyl (C=O) groups excluding carboxylic acids is 1. The molecule has 1 N–H and O–H groups in total. The molecule has 0 saturated carbocycles. The Kier molecular flexibility index (Phi) is 4.30. The molecule has 1 heterocycles. The van der Waals surface area contributed by atoms with Gasteiger partial charge in [-0.3, -0.25) is 4.79 Å². The van der Waals surface area contributed by atoms with Crippen molar-refractivity contribution < 1.29 is 23.1 Å². The van der Waals surface area contributed by atoms with Crippen molar-refractivity contribution in [2.45, 2.75) is 18.3 Å². The number of hydrazone groups is 1. The summed E-state index contributed by atoms with van der Waals surface area (Å²) in [6, 6.07) is 13.5. The predicted octanol–water partition coefficient (Wildman–Crippen LogP) is 3.84. The van der Waals surface area contributed by atoms with E-state index < -0.39 is 24.2 Å². The second kappa shape index (κ2) is 6.16. The lowest BCUT2D eigenvalue weighted by molar-refractivity contribution is -0.297. The van der Waals surface area contributed by atoms with Gasteiger partial charge in [0.05, 0.1) is 12.1 Å². The van der Waals surface area contributed by atoms with Crippen molar-refractivity contribution in [2.24, 2.45) is 5.10 Å². The molecular weight excluding hydrogens is 357 g/mol. The van der Waals surface area contributed by atoms with Gasteiger partial charge in [0.2, 0.25) is 0 Å². The van der Waals surface area contributed by atoms with Gasteiger partial charge in [-0.2, -0.15) is 23.3 Å². The zero-order valence-electron chi connectivity index (χ0n) is 12.7. The summed E-state index contributed by atoms with van der Waals surface area (Å²) in [5.74, 6) is -1.09. The molecule has 0 spiro atoms. The summed E-state index contributed by atoms with van der Waals surface area (Å²) in [6.07, 6.45) is -5.94. The lowest BCUT2D eigenvalue weighted by Gasteiger charge is -2.32. The van der Waals surface area contributed by atoms with Crippen LogP contribution in [0.1, 0.15) is 22.3 Å². The maximum Gasteiger partial charge on any atom is 0.438 e. The van der Waals surface area contributed by atoms with Crippen LogP contribution < -0.4 is 0 Å². The molecule has 0 aromatic heterocycles.